The Labute approximate surface area is 215 Å². The normalized spacial score (nSPS) is 10.8. The van der Waals surface area contributed by atoms with E-state index in [2.05, 4.69) is 5.32 Å². The van der Waals surface area contributed by atoms with Crippen LogP contribution in [0.5, 0.6) is 0 Å². The first-order valence-corrected chi connectivity index (χ1v) is 11.5. The Kier molecular flexibility index (Phi) is 7.74. The Hall–Kier alpha value is -4.37. The number of aromatic nitrogens is 2. The molecule has 0 fully saturated rings. The summed E-state index contributed by atoms with van der Waals surface area (Å²) in [7, 11) is 0. The van der Waals surface area contributed by atoms with Crippen molar-refractivity contribution in [3.05, 3.63) is 139 Å². The highest BCUT2D eigenvalue weighted by molar-refractivity contribution is 6.31. The number of amides is 1. The number of nitrogens with zero attached hydrogens (tertiary/aromatic N) is 2. The van der Waals surface area contributed by atoms with Crippen LogP contribution in [0.4, 0.5) is 8.78 Å². The second kappa shape index (κ2) is 11.1. The maximum atomic E-state index is 14.8. The third-order valence-electron chi connectivity index (χ3n) is 5.64. The molecule has 4 rings (SSSR count). The van der Waals surface area contributed by atoms with Crippen LogP contribution in [-0.4, -0.2) is 27.3 Å². The zero-order chi connectivity index (χ0) is 26.5. The fourth-order valence-electron chi connectivity index (χ4n) is 3.67. The first-order valence-electron chi connectivity index (χ1n) is 11.2. The third kappa shape index (κ3) is 6.25. The minimum Gasteiger partial charge on any atom is -0.346 e. The molecule has 0 bridgehead atoms. The summed E-state index contributed by atoms with van der Waals surface area (Å²) in [5.74, 6) is -2.03. The predicted octanol–water partition coefficient (Wildman–Crippen LogP) is 3.84. The van der Waals surface area contributed by atoms with Gasteiger partial charge in [0.15, 0.2) is 0 Å². The van der Waals surface area contributed by atoms with Gasteiger partial charge >= 0.3 is 0 Å². The van der Waals surface area contributed by atoms with E-state index in [-0.39, 0.29) is 47.6 Å². The first kappa shape index (κ1) is 25.7. The number of benzene rings is 2. The highest BCUT2D eigenvalue weighted by atomic mass is 35.5. The van der Waals surface area contributed by atoms with E-state index in [1.807, 2.05) is 0 Å². The molecule has 0 aliphatic carbocycles. The van der Waals surface area contributed by atoms with E-state index in [1.54, 1.807) is 36.4 Å². The smallest absolute Gasteiger partial charge is 0.253 e. The van der Waals surface area contributed by atoms with Crippen molar-refractivity contribution in [1.82, 2.24) is 14.5 Å². The lowest BCUT2D eigenvalue weighted by molar-refractivity contribution is 0.0958. The number of hydrogen-bond acceptors (Lipinski definition) is 4. The van der Waals surface area contributed by atoms with Gasteiger partial charge in [-0.1, -0.05) is 29.8 Å². The summed E-state index contributed by atoms with van der Waals surface area (Å²) in [5, 5.41) is 11.2. The second-order valence-corrected chi connectivity index (χ2v) is 8.69. The molecule has 4 aromatic rings. The van der Waals surface area contributed by atoms with E-state index in [0.29, 0.717) is 10.6 Å². The fraction of sp³-hybridized carbons (Fsp3) is 0.111. The Morgan fingerprint density at radius 2 is 1.51 bits per heavy atom. The van der Waals surface area contributed by atoms with Gasteiger partial charge in [0.1, 0.15) is 11.6 Å². The van der Waals surface area contributed by atoms with Crippen molar-refractivity contribution in [2.24, 2.45) is 0 Å². The SMILES string of the molecule is N=C(CNC(=O)c1ccc(=O)n(Cc2cc(F)c(Cn3ccccc3=O)cc2F)c1)c1cccc(Cl)c1. The molecule has 2 aromatic heterocycles. The standard InChI is InChI=1S/C27H21ClF2N4O3/c28-21-5-3-4-17(10-21)24(31)13-32-27(37)18-7-8-26(36)34(14-18)16-20-12-22(29)19(11-23(20)30)15-33-9-2-1-6-25(33)35/h1-12,14,31H,13,15-16H2,(H,32,37). The van der Waals surface area contributed by atoms with Crippen molar-refractivity contribution in [2.45, 2.75) is 13.1 Å². The molecule has 0 radical (unpaired) electrons. The van der Waals surface area contributed by atoms with Crippen molar-refractivity contribution in [1.29, 1.82) is 5.41 Å². The molecule has 0 aliphatic heterocycles. The molecule has 0 aliphatic rings. The molecule has 0 atom stereocenters. The summed E-state index contributed by atoms with van der Waals surface area (Å²) in [6.45, 7) is -0.542. The van der Waals surface area contributed by atoms with Crippen LogP contribution >= 0.6 is 11.6 Å². The van der Waals surface area contributed by atoms with E-state index in [4.69, 9.17) is 17.0 Å². The molecule has 188 valence electrons. The number of carbonyl (C=O) groups excluding carboxylic acids is 1. The minimum absolute atomic E-state index is 0.0165. The molecule has 2 aromatic carbocycles. The van der Waals surface area contributed by atoms with Crippen LogP contribution in [0.15, 0.2) is 88.7 Å². The number of halogens is 3. The summed E-state index contributed by atoms with van der Waals surface area (Å²) < 4.78 is 31.9. The van der Waals surface area contributed by atoms with E-state index in [1.165, 1.54) is 29.1 Å². The van der Waals surface area contributed by atoms with Crippen LogP contribution in [0.2, 0.25) is 5.02 Å². The molecular weight excluding hydrogens is 502 g/mol. The van der Waals surface area contributed by atoms with Crippen molar-refractivity contribution >= 4 is 23.2 Å². The largest absolute Gasteiger partial charge is 0.346 e. The zero-order valence-corrected chi connectivity index (χ0v) is 20.1. The van der Waals surface area contributed by atoms with E-state index >= 15 is 0 Å². The molecule has 0 saturated heterocycles. The number of hydrogen-bond donors (Lipinski definition) is 2. The van der Waals surface area contributed by atoms with E-state index < -0.39 is 23.1 Å². The van der Waals surface area contributed by atoms with Gasteiger partial charge < -0.3 is 19.9 Å². The maximum Gasteiger partial charge on any atom is 0.253 e. The molecule has 1 amide bonds. The van der Waals surface area contributed by atoms with Crippen molar-refractivity contribution in [3.63, 3.8) is 0 Å². The lowest BCUT2D eigenvalue weighted by Gasteiger charge is -2.12. The molecule has 10 heteroatoms. The van der Waals surface area contributed by atoms with Crippen molar-refractivity contribution in [3.8, 4) is 0 Å². The summed E-state index contributed by atoms with van der Waals surface area (Å²) in [4.78, 5) is 36.9. The van der Waals surface area contributed by atoms with Gasteiger partial charge in [-0.05, 0) is 42.0 Å². The quantitative estimate of drug-likeness (QED) is 0.344. The highest BCUT2D eigenvalue weighted by Gasteiger charge is 2.14. The molecule has 7 nitrogen and oxygen atoms in total. The summed E-state index contributed by atoms with van der Waals surface area (Å²) >= 11 is 5.94. The number of pyridine rings is 2. The average molecular weight is 523 g/mol. The number of nitrogens with one attached hydrogen (secondary N) is 2. The van der Waals surface area contributed by atoms with Crippen LogP contribution in [-0.2, 0) is 13.1 Å². The van der Waals surface area contributed by atoms with Gasteiger partial charge in [-0.3, -0.25) is 14.4 Å². The second-order valence-electron chi connectivity index (χ2n) is 8.26. The van der Waals surface area contributed by atoms with Crippen LogP contribution in [0.1, 0.15) is 27.0 Å². The molecule has 2 heterocycles. The van der Waals surface area contributed by atoms with Gasteiger partial charge in [-0.2, -0.15) is 0 Å². The third-order valence-corrected chi connectivity index (χ3v) is 5.88. The average Bonchev–Trinajstić information content (AvgIpc) is 2.87. The molecule has 0 saturated carbocycles. The first-order chi connectivity index (χ1) is 17.7. The van der Waals surface area contributed by atoms with Gasteiger partial charge in [-0.25, -0.2) is 8.78 Å². The van der Waals surface area contributed by atoms with Crippen LogP contribution in [0.3, 0.4) is 0 Å². The Bertz CT molecular complexity index is 1610. The zero-order valence-electron chi connectivity index (χ0n) is 19.4. The Balaban J connectivity index is 1.49. The molecule has 37 heavy (non-hydrogen) atoms. The van der Waals surface area contributed by atoms with Gasteiger partial charge in [0.05, 0.1) is 30.9 Å². The van der Waals surface area contributed by atoms with E-state index in [9.17, 15) is 23.2 Å². The van der Waals surface area contributed by atoms with Crippen LogP contribution in [0.25, 0.3) is 0 Å². The molecule has 2 N–H and O–H groups in total. The number of rotatable bonds is 8. The monoisotopic (exact) mass is 522 g/mol. The lowest BCUT2D eigenvalue weighted by atomic mass is 10.1. The maximum absolute atomic E-state index is 14.8. The van der Waals surface area contributed by atoms with Gasteiger partial charge in [0, 0.05) is 40.7 Å². The summed E-state index contributed by atoms with van der Waals surface area (Å²) in [5.41, 5.74) is -0.171. The fourth-order valence-corrected chi connectivity index (χ4v) is 3.86. The number of carbonyl (C=O) groups is 1. The summed E-state index contributed by atoms with van der Waals surface area (Å²) in [6, 6.07) is 15.6. The van der Waals surface area contributed by atoms with Gasteiger partial charge in [0.25, 0.3) is 17.0 Å². The van der Waals surface area contributed by atoms with Crippen LogP contribution in [0, 0.1) is 17.0 Å². The van der Waals surface area contributed by atoms with Crippen molar-refractivity contribution in [2.75, 3.05) is 6.54 Å². The van der Waals surface area contributed by atoms with E-state index in [0.717, 1.165) is 22.8 Å². The van der Waals surface area contributed by atoms with Gasteiger partial charge in [-0.15, -0.1) is 0 Å². The predicted molar refractivity (Wildman–Crippen MR) is 137 cm³/mol. The van der Waals surface area contributed by atoms with Gasteiger partial charge in [0.2, 0.25) is 0 Å². The topological polar surface area (TPSA) is 97.0 Å². The molecule has 0 spiro atoms. The summed E-state index contributed by atoms with van der Waals surface area (Å²) in [6.07, 6.45) is 2.72. The van der Waals surface area contributed by atoms with Crippen LogP contribution < -0.4 is 16.4 Å². The molecule has 0 unspecified atom stereocenters. The van der Waals surface area contributed by atoms with Crippen molar-refractivity contribution < 1.29 is 13.6 Å². The lowest BCUT2D eigenvalue weighted by Crippen LogP contribution is -2.31. The molecular formula is C27H21ClF2N4O3. The Morgan fingerprint density at radius 1 is 0.838 bits per heavy atom. The minimum atomic E-state index is -0.753. The Morgan fingerprint density at radius 3 is 2.19 bits per heavy atom. The highest BCUT2D eigenvalue weighted by Crippen LogP contribution is 2.17.